The van der Waals surface area contributed by atoms with Crippen LogP contribution in [0.25, 0.3) is 0 Å². The van der Waals surface area contributed by atoms with E-state index in [1.807, 2.05) is 20.8 Å². The van der Waals surface area contributed by atoms with E-state index in [1.165, 1.54) is 77.6 Å². The van der Waals surface area contributed by atoms with Crippen molar-refractivity contribution in [3.8, 4) is 0 Å². The van der Waals surface area contributed by atoms with Crippen LogP contribution in [0, 0.1) is 17.8 Å². The number of aldehydes is 1. The Labute approximate surface area is 535 Å². The molecule has 3 aromatic heterocycles. The van der Waals surface area contributed by atoms with Crippen LogP contribution in [0.5, 0.6) is 0 Å². The van der Waals surface area contributed by atoms with E-state index in [1.54, 1.807) is 68.4 Å². The van der Waals surface area contributed by atoms with Crippen LogP contribution in [0.2, 0.25) is 0 Å². The number of nitrogens with zero attached hydrogens (tertiary/aromatic N) is 3. The minimum absolute atomic E-state index is 0. The van der Waals surface area contributed by atoms with Gasteiger partial charge in [0.2, 0.25) is 0 Å². The first kappa shape index (κ1) is 80.2. The predicted octanol–water partition coefficient (Wildman–Crippen LogP) is 0.852. The number of methoxy groups -OCH3 is 3. The molecular formula is C51H86KN6O24P3. The second-order valence-corrected chi connectivity index (χ2v) is 26.0. The number of rotatable bonds is 24. The molecule has 0 aromatic carbocycles. The molecule has 30 nitrogen and oxygen atoms in total. The zero-order chi connectivity index (χ0) is 63.8. The van der Waals surface area contributed by atoms with Crippen LogP contribution in [0.3, 0.4) is 0 Å². The largest absolute Gasteiger partial charge is 1.00 e. The van der Waals surface area contributed by atoms with Crippen molar-refractivity contribution in [2.45, 2.75) is 144 Å². The number of aliphatic hydroxyl groups excluding tert-OH is 1. The van der Waals surface area contributed by atoms with E-state index < -0.39 is 111 Å². The maximum absolute atomic E-state index is 12.6. The van der Waals surface area contributed by atoms with Crippen molar-refractivity contribution >= 4 is 29.1 Å². The average molecular weight is 1300 g/mol. The van der Waals surface area contributed by atoms with E-state index in [0.717, 1.165) is 0 Å². The molecule has 3 fully saturated rings. The van der Waals surface area contributed by atoms with Gasteiger partial charge in [-0.2, -0.15) is 0 Å². The molecule has 0 bridgehead atoms. The van der Waals surface area contributed by atoms with Gasteiger partial charge in [0.25, 0.3) is 16.7 Å². The normalized spacial score (nSPS) is 24.8. The van der Waals surface area contributed by atoms with E-state index in [9.17, 15) is 57.5 Å². The van der Waals surface area contributed by atoms with Gasteiger partial charge in [-0.25, -0.2) is 14.4 Å². The molecule has 0 saturated carbocycles. The molecule has 480 valence electrons. The molecule has 0 radical (unpaired) electrons. The fraction of sp³-hybridized carbons (Fsp3) is 0.706. The van der Waals surface area contributed by atoms with Gasteiger partial charge in [-0.3, -0.25) is 56.7 Å². The molecule has 34 heteroatoms. The molecular weight excluding hydrogens is 1210 g/mol. The molecule has 3 aliphatic rings. The summed E-state index contributed by atoms with van der Waals surface area (Å²) in [5.41, 5.74) is -3.92. The summed E-state index contributed by atoms with van der Waals surface area (Å²) in [5.74, 6) is 0.673. The monoisotopic (exact) mass is 1300 g/mol. The molecule has 0 spiro atoms. The first-order chi connectivity index (χ1) is 39.5. The number of hydrogen-bond donors (Lipinski definition) is 4. The van der Waals surface area contributed by atoms with Gasteiger partial charge in [-0.1, -0.05) is 41.5 Å². The second-order valence-electron chi connectivity index (χ2n) is 19.5. The summed E-state index contributed by atoms with van der Waals surface area (Å²) >= 11 is 0. The molecule has 0 aliphatic carbocycles. The third kappa shape index (κ3) is 25.2. The molecule has 12 atom stereocenters. The fourth-order valence-corrected chi connectivity index (χ4v) is 14.6. The van der Waals surface area contributed by atoms with Crippen molar-refractivity contribution in [1.29, 1.82) is 0 Å². The van der Waals surface area contributed by atoms with Gasteiger partial charge in [-0.05, 0) is 47.6 Å². The molecule has 3 saturated heterocycles. The summed E-state index contributed by atoms with van der Waals surface area (Å²) in [6.07, 6.45) is 1.55. The predicted molar refractivity (Wildman–Crippen MR) is 305 cm³/mol. The van der Waals surface area contributed by atoms with E-state index in [-0.39, 0.29) is 127 Å². The Morgan fingerprint density at radius 1 is 0.565 bits per heavy atom. The van der Waals surface area contributed by atoms with E-state index in [4.69, 9.17) is 55.6 Å². The number of carbonyl (C=O) groups is 1. The summed E-state index contributed by atoms with van der Waals surface area (Å²) in [6.45, 7) is 21.9. The number of H-pyrrole nitrogens is 3. The SMILES string of the molecule is CC(C)(C)[O-].CCOP(=O)(/C=C/[C@H]1O[C@@H](n2ccc(=O)[nH]c2=O)[C@@H](OC)C1C)OCC.CCOP(=O)(CP(=O)(OCC)OCC)OCC.CO[C@H]1C(C)[C@@H](C=O)O[C@H]1n1ccc(=O)[nH]c1=O.CO[C@H]1C(C)[C@@H](CO)O[C@H]1n1ccc(=O)[nH]c1=O.[K+]. The molecule has 3 aliphatic heterocycles. The van der Waals surface area contributed by atoms with E-state index in [0.29, 0.717) is 6.29 Å². The second kappa shape index (κ2) is 38.7. The van der Waals surface area contributed by atoms with E-state index >= 15 is 0 Å². The molecule has 6 rings (SSSR count). The fourth-order valence-electron chi connectivity index (χ4n) is 8.51. The number of hydrogen-bond acceptors (Lipinski definition) is 24. The average Bonchev–Trinajstić information content (AvgIpc) is 3.24. The van der Waals surface area contributed by atoms with E-state index in [2.05, 4.69) is 15.0 Å². The summed E-state index contributed by atoms with van der Waals surface area (Å²) in [4.78, 5) is 86.1. The number of carbonyl (C=O) groups excluding carboxylic acids is 1. The minimum atomic E-state index is -3.41. The number of nitrogens with one attached hydrogen (secondary N) is 3. The molecule has 3 unspecified atom stereocenters. The maximum atomic E-state index is 12.6. The smallest absolute Gasteiger partial charge is 0.850 e. The summed E-state index contributed by atoms with van der Waals surface area (Å²) < 4.78 is 104. The number of aromatic amines is 3. The Balaban J connectivity index is 0.000000557. The topological polar surface area (TPSA) is 387 Å². The van der Waals surface area contributed by atoms with Crippen LogP contribution in [0.15, 0.2) is 77.4 Å². The van der Waals surface area contributed by atoms with Gasteiger partial charge in [0.05, 0.1) is 58.5 Å². The first-order valence-electron chi connectivity index (χ1n) is 27.1. The maximum Gasteiger partial charge on any atom is 1.00 e. The third-order valence-corrected chi connectivity index (χ3v) is 19.3. The van der Waals surface area contributed by atoms with Gasteiger partial charge >= 0.3 is 91.2 Å². The summed E-state index contributed by atoms with van der Waals surface area (Å²) in [5, 5.41) is 19.3. The van der Waals surface area contributed by atoms with Crippen LogP contribution in [0.1, 0.15) is 102 Å². The molecule has 0 amide bonds. The summed E-state index contributed by atoms with van der Waals surface area (Å²) in [6, 6.07) is 3.70. The Morgan fingerprint density at radius 2 is 0.871 bits per heavy atom. The minimum Gasteiger partial charge on any atom is -0.850 e. The quantitative estimate of drug-likeness (QED) is 0.0549. The number of ether oxygens (including phenoxy) is 6. The Morgan fingerprint density at radius 3 is 1.16 bits per heavy atom. The molecule has 6 heterocycles. The van der Waals surface area contributed by atoms with Gasteiger partial charge in [-0.15, -0.1) is 5.60 Å². The van der Waals surface area contributed by atoms with Gasteiger partial charge < -0.3 is 70.6 Å². The van der Waals surface area contributed by atoms with Crippen molar-refractivity contribution in [3.05, 3.63) is 111 Å². The van der Waals surface area contributed by atoms with Gasteiger partial charge in [0.15, 0.2) is 24.6 Å². The van der Waals surface area contributed by atoms with Gasteiger partial charge in [0.1, 0.15) is 30.7 Å². The van der Waals surface area contributed by atoms with Crippen LogP contribution >= 0.6 is 22.8 Å². The zero-order valence-corrected chi connectivity index (χ0v) is 57.1. The molecule has 3 aromatic rings. The molecule has 4 N–H and O–H groups in total. The van der Waals surface area contributed by atoms with Crippen molar-refractivity contribution in [2.24, 2.45) is 17.8 Å². The third-order valence-electron chi connectivity index (χ3n) is 12.2. The van der Waals surface area contributed by atoms with Crippen LogP contribution in [-0.4, -0.2) is 156 Å². The van der Waals surface area contributed by atoms with Crippen LogP contribution in [-0.2, 0) is 74.1 Å². The number of aromatic nitrogens is 6. The Kier molecular flexibility index (Phi) is 36.5. The van der Waals surface area contributed by atoms with Gasteiger partial charge in [0, 0.05) is 81.7 Å². The first-order valence-corrected chi connectivity index (χ1v) is 32.1. The Hall–Kier alpha value is -2.78. The van der Waals surface area contributed by atoms with Crippen molar-refractivity contribution in [3.63, 3.8) is 0 Å². The standard InChI is InChI=1S/C16H25N2O7P.C11H16N2O5.C11H14N2O5.C9H22O6P2.C4H9O.K/c1-5-23-26(21,24-6-2)10-8-12-11(3)14(22-4)15(25-12)18-9-7-13(19)17-16(18)20;2*1-6-7(5-14)18-10(9(6)17-2)13-4-3-8(15)12-11(13)16;1-5-12-16(10,13-6-2)9-17(11,14-7-3)15-8-4;1-4(2,3)5;/h7-12,14-15H,5-6H2,1-4H3,(H,17,19,20);3-4,6-7,9-10,14H,5H2,1-2H3,(H,12,15,16);3-7,9-10H,1-2H3,(H,12,15,16);5-9H2,1-4H3;1-3H3;/q;;;;-1;+1/b10-8+;;;;;/t11?,12-,14+,15-;2*6?,7-,9+,10-;;;/m111.../s1. The zero-order valence-electron chi connectivity index (χ0n) is 51.3. The van der Waals surface area contributed by atoms with Crippen molar-refractivity contribution < 1.29 is 136 Å². The molecule has 85 heavy (non-hydrogen) atoms. The summed E-state index contributed by atoms with van der Waals surface area (Å²) in [7, 11) is -5.65. The van der Waals surface area contributed by atoms with Crippen LogP contribution < -0.4 is 90.2 Å². The van der Waals surface area contributed by atoms with Crippen LogP contribution in [0.4, 0.5) is 0 Å². The number of aliphatic hydroxyl groups is 1. The Bertz CT molecular complexity index is 2950. The van der Waals surface area contributed by atoms with Crippen molar-refractivity contribution in [2.75, 3.05) is 73.5 Å². The van der Waals surface area contributed by atoms with Crippen molar-refractivity contribution in [1.82, 2.24) is 28.7 Å².